The molecule has 0 aliphatic heterocycles. The third kappa shape index (κ3) is 4.63. The third-order valence-corrected chi connectivity index (χ3v) is 2.61. The summed E-state index contributed by atoms with van der Waals surface area (Å²) in [4.78, 5) is 22.6. The Morgan fingerprint density at radius 3 is 2.47 bits per heavy atom. The Labute approximate surface area is 124 Å². The lowest BCUT2D eigenvalue weighted by Crippen LogP contribution is -2.30. The molecule has 19 heavy (non-hydrogen) atoms. The second kappa shape index (κ2) is 6.65. The van der Waals surface area contributed by atoms with Crippen molar-refractivity contribution in [3.05, 3.63) is 39.4 Å². The maximum absolute atomic E-state index is 11.5. The van der Waals surface area contributed by atoms with Crippen molar-refractivity contribution in [2.75, 3.05) is 11.9 Å². The number of anilines is 1. The van der Waals surface area contributed by atoms with Crippen LogP contribution >= 0.6 is 34.8 Å². The van der Waals surface area contributed by atoms with E-state index in [0.717, 1.165) is 0 Å². The normalized spacial score (nSPS) is 9.84. The number of hydrogen-bond donors (Lipinski definition) is 3. The summed E-state index contributed by atoms with van der Waals surface area (Å²) in [5.74, 6) is -1.26. The van der Waals surface area contributed by atoms with Gasteiger partial charge in [0.15, 0.2) is 0 Å². The highest BCUT2D eigenvalue weighted by atomic mass is 35.5. The fourth-order valence-electron chi connectivity index (χ4n) is 1.20. The van der Waals surface area contributed by atoms with Crippen molar-refractivity contribution in [3.8, 4) is 0 Å². The topological polar surface area (TPSA) is 78.4 Å². The Morgan fingerprint density at radius 2 is 1.95 bits per heavy atom. The van der Waals surface area contributed by atoms with Crippen molar-refractivity contribution < 1.29 is 14.7 Å². The van der Waals surface area contributed by atoms with Gasteiger partial charge in [-0.05, 0) is 12.1 Å². The lowest BCUT2D eigenvalue weighted by atomic mass is 10.2. The molecule has 1 rings (SSSR count). The van der Waals surface area contributed by atoms with Gasteiger partial charge in [0, 0.05) is 10.1 Å². The molecule has 0 aliphatic carbocycles. The van der Waals surface area contributed by atoms with E-state index in [1.165, 1.54) is 12.1 Å². The highest BCUT2D eigenvalue weighted by Gasteiger charge is 2.17. The van der Waals surface area contributed by atoms with Crippen molar-refractivity contribution in [2.45, 2.75) is 0 Å². The van der Waals surface area contributed by atoms with E-state index in [9.17, 15) is 9.59 Å². The number of rotatable bonds is 4. The monoisotopic (exact) mass is 322 g/mol. The number of carboxylic acids is 1. The summed E-state index contributed by atoms with van der Waals surface area (Å²) in [5.41, 5.74) is -0.256. The average molecular weight is 324 g/mol. The number of halogens is 3. The van der Waals surface area contributed by atoms with Gasteiger partial charge in [0.1, 0.15) is 0 Å². The van der Waals surface area contributed by atoms with Gasteiger partial charge in [-0.25, -0.2) is 9.59 Å². The molecule has 5 nitrogen and oxygen atoms in total. The van der Waals surface area contributed by atoms with Crippen molar-refractivity contribution in [1.82, 2.24) is 5.32 Å². The van der Waals surface area contributed by atoms with Crippen molar-refractivity contribution in [3.63, 3.8) is 0 Å². The van der Waals surface area contributed by atoms with Crippen LogP contribution in [-0.4, -0.2) is 23.7 Å². The smallest absolute Gasteiger partial charge is 0.337 e. The molecule has 0 aromatic heterocycles. The molecule has 0 fully saturated rings. The Morgan fingerprint density at radius 1 is 1.32 bits per heavy atom. The number of amides is 2. The molecule has 0 bridgehead atoms. The third-order valence-electron chi connectivity index (χ3n) is 1.96. The Kier molecular flexibility index (Phi) is 5.47. The lowest BCUT2D eigenvalue weighted by molar-refractivity contribution is 0.0698. The first-order valence-electron chi connectivity index (χ1n) is 4.91. The lowest BCUT2D eigenvalue weighted by Gasteiger charge is -2.11. The van der Waals surface area contributed by atoms with Crippen LogP contribution in [0.1, 0.15) is 10.4 Å². The van der Waals surface area contributed by atoms with Crippen LogP contribution in [0.4, 0.5) is 10.5 Å². The molecule has 0 radical (unpaired) electrons. The molecule has 2 amide bonds. The minimum Gasteiger partial charge on any atom is -0.478 e. The Bertz CT molecular complexity index is 546. The molecule has 0 saturated heterocycles. The summed E-state index contributed by atoms with van der Waals surface area (Å²) >= 11 is 17.0. The van der Waals surface area contributed by atoms with Gasteiger partial charge in [-0.15, -0.1) is 0 Å². The number of urea groups is 1. The molecule has 0 heterocycles. The van der Waals surface area contributed by atoms with Gasteiger partial charge in [-0.1, -0.05) is 41.4 Å². The number of aromatic carboxylic acids is 1. The fraction of sp³-hybridized carbons (Fsp3) is 0.0909. The van der Waals surface area contributed by atoms with Crippen LogP contribution < -0.4 is 10.6 Å². The zero-order chi connectivity index (χ0) is 14.6. The van der Waals surface area contributed by atoms with Crippen LogP contribution in [0.25, 0.3) is 0 Å². The first-order valence-corrected chi connectivity index (χ1v) is 6.05. The molecular weight excluding hydrogens is 314 g/mol. The number of hydrogen-bond acceptors (Lipinski definition) is 2. The molecule has 0 aliphatic rings. The van der Waals surface area contributed by atoms with E-state index in [1.54, 1.807) is 0 Å². The van der Waals surface area contributed by atoms with Crippen LogP contribution in [0.15, 0.2) is 23.7 Å². The van der Waals surface area contributed by atoms with E-state index in [4.69, 9.17) is 39.9 Å². The molecule has 0 spiro atoms. The van der Waals surface area contributed by atoms with E-state index in [1.807, 2.05) is 0 Å². The minimum absolute atomic E-state index is 0.0183. The molecule has 3 N–H and O–H groups in total. The second-order valence-electron chi connectivity index (χ2n) is 3.44. The summed E-state index contributed by atoms with van der Waals surface area (Å²) < 4.78 is 0. The zero-order valence-corrected chi connectivity index (χ0v) is 11.7. The summed E-state index contributed by atoms with van der Waals surface area (Å²) in [5, 5.41) is 14.1. The predicted molar refractivity (Wildman–Crippen MR) is 75.4 cm³/mol. The second-order valence-corrected chi connectivity index (χ2v) is 4.82. The molecule has 8 heteroatoms. The largest absolute Gasteiger partial charge is 0.478 e. The maximum atomic E-state index is 11.5. The van der Waals surface area contributed by atoms with Gasteiger partial charge in [0.2, 0.25) is 0 Å². The summed E-state index contributed by atoms with van der Waals surface area (Å²) in [6.45, 7) is 3.44. The van der Waals surface area contributed by atoms with E-state index in [-0.39, 0.29) is 32.9 Å². The molecule has 0 unspecified atom stereocenters. The minimum atomic E-state index is -1.26. The van der Waals surface area contributed by atoms with Crippen molar-refractivity contribution in [2.24, 2.45) is 0 Å². The fourth-order valence-corrected chi connectivity index (χ4v) is 1.81. The predicted octanol–water partition coefficient (Wildman–Crippen LogP) is 3.57. The molecule has 0 saturated carbocycles. The number of benzene rings is 1. The number of carboxylic acid groups (broad SMARTS) is 1. The quantitative estimate of drug-likeness (QED) is 0.792. The van der Waals surface area contributed by atoms with Crippen molar-refractivity contribution in [1.29, 1.82) is 0 Å². The number of carbonyl (C=O) groups is 2. The van der Waals surface area contributed by atoms with Gasteiger partial charge >= 0.3 is 12.0 Å². The van der Waals surface area contributed by atoms with Gasteiger partial charge in [0.05, 0.1) is 22.8 Å². The summed E-state index contributed by atoms with van der Waals surface area (Å²) in [6, 6.07) is 1.85. The molecule has 0 atom stereocenters. The SMILES string of the molecule is C=C(Cl)CNC(=O)Nc1c(Cl)cc(Cl)cc1C(=O)O. The van der Waals surface area contributed by atoms with E-state index in [0.29, 0.717) is 0 Å². The van der Waals surface area contributed by atoms with Crippen molar-refractivity contribution >= 4 is 52.5 Å². The molecular formula is C11H9Cl3N2O3. The van der Waals surface area contributed by atoms with Crippen LogP contribution in [0.2, 0.25) is 10.0 Å². The van der Waals surface area contributed by atoms with Crippen LogP contribution in [-0.2, 0) is 0 Å². The van der Waals surface area contributed by atoms with E-state index >= 15 is 0 Å². The van der Waals surface area contributed by atoms with E-state index < -0.39 is 12.0 Å². The van der Waals surface area contributed by atoms with Crippen LogP contribution in [0.5, 0.6) is 0 Å². The maximum Gasteiger partial charge on any atom is 0.337 e. The number of carbonyl (C=O) groups excluding carboxylic acids is 1. The highest BCUT2D eigenvalue weighted by Crippen LogP contribution is 2.30. The average Bonchev–Trinajstić information content (AvgIpc) is 2.29. The summed E-state index contributed by atoms with van der Waals surface area (Å²) in [7, 11) is 0. The van der Waals surface area contributed by atoms with E-state index in [2.05, 4.69) is 17.2 Å². The summed E-state index contributed by atoms with van der Waals surface area (Å²) in [6.07, 6.45) is 0. The molecule has 1 aromatic rings. The van der Waals surface area contributed by atoms with Gasteiger partial charge in [0.25, 0.3) is 0 Å². The van der Waals surface area contributed by atoms with Gasteiger partial charge in [-0.2, -0.15) is 0 Å². The highest BCUT2D eigenvalue weighted by molar-refractivity contribution is 6.37. The Balaban J connectivity index is 2.97. The van der Waals surface area contributed by atoms with Gasteiger partial charge in [-0.3, -0.25) is 0 Å². The first kappa shape index (κ1) is 15.6. The molecule has 1 aromatic carbocycles. The van der Waals surface area contributed by atoms with Crippen LogP contribution in [0, 0.1) is 0 Å². The van der Waals surface area contributed by atoms with Gasteiger partial charge < -0.3 is 15.7 Å². The molecule has 102 valence electrons. The Hall–Kier alpha value is -1.43. The number of nitrogens with one attached hydrogen (secondary N) is 2. The standard InChI is InChI=1S/C11H9Cl3N2O3/c1-5(12)4-15-11(19)16-9-7(10(17)18)2-6(13)3-8(9)14/h2-3H,1,4H2,(H,17,18)(H2,15,16,19). The van der Waals surface area contributed by atoms with Crippen LogP contribution in [0.3, 0.4) is 0 Å². The zero-order valence-electron chi connectivity index (χ0n) is 9.47. The first-order chi connectivity index (χ1) is 8.81.